The minimum atomic E-state index is 0.0718. The Labute approximate surface area is 128 Å². The van der Waals surface area contributed by atoms with E-state index < -0.39 is 0 Å². The summed E-state index contributed by atoms with van der Waals surface area (Å²) in [7, 11) is 0. The Kier molecular flexibility index (Phi) is 2.97. The van der Waals surface area contributed by atoms with Gasteiger partial charge in [-0.15, -0.1) is 0 Å². The first-order chi connectivity index (χ1) is 10.8. The number of rotatable bonds is 2. The lowest BCUT2D eigenvalue weighted by molar-refractivity contribution is 0.104. The highest BCUT2D eigenvalue weighted by Gasteiger charge is 2.14. The molecular weight excluding hydrogens is 268 g/mol. The van der Waals surface area contributed by atoms with Crippen molar-refractivity contribution in [2.24, 2.45) is 0 Å². The summed E-state index contributed by atoms with van der Waals surface area (Å²) in [6.07, 6.45) is 0. The molecule has 1 heteroatoms. The molecular formula is C21H14O. The zero-order valence-electron chi connectivity index (χ0n) is 12.0. The van der Waals surface area contributed by atoms with Crippen LogP contribution in [0.5, 0.6) is 0 Å². The second kappa shape index (κ2) is 5.12. The van der Waals surface area contributed by atoms with Crippen LogP contribution < -0.4 is 0 Å². The van der Waals surface area contributed by atoms with Crippen molar-refractivity contribution in [3.05, 3.63) is 96.1 Å². The van der Waals surface area contributed by atoms with Gasteiger partial charge in [-0.05, 0) is 27.6 Å². The second-order valence-corrected chi connectivity index (χ2v) is 5.39. The Morgan fingerprint density at radius 1 is 0.591 bits per heavy atom. The zero-order chi connectivity index (χ0) is 14.9. The van der Waals surface area contributed by atoms with Gasteiger partial charge in [0.1, 0.15) is 0 Å². The van der Waals surface area contributed by atoms with E-state index in [1.54, 1.807) is 0 Å². The van der Waals surface area contributed by atoms with Gasteiger partial charge in [0.05, 0.1) is 0 Å². The molecule has 0 radical (unpaired) electrons. The van der Waals surface area contributed by atoms with Gasteiger partial charge in [-0.25, -0.2) is 0 Å². The molecule has 0 spiro atoms. The summed E-state index contributed by atoms with van der Waals surface area (Å²) in [5, 5.41) is 4.41. The maximum Gasteiger partial charge on any atom is 0.193 e. The number of carbonyl (C=O) groups excluding carboxylic acids is 1. The quantitative estimate of drug-likeness (QED) is 0.364. The number of fused-ring (bicyclic) bond motifs is 3. The molecule has 0 aromatic heterocycles. The van der Waals surface area contributed by atoms with Crippen molar-refractivity contribution in [2.45, 2.75) is 0 Å². The molecule has 1 nitrogen and oxygen atoms in total. The SMILES string of the molecule is O=C(c1ccccc1)c1cc2ccccc2c2ccccc12. The fourth-order valence-corrected chi connectivity index (χ4v) is 2.99. The van der Waals surface area contributed by atoms with Crippen LogP contribution in [0.1, 0.15) is 15.9 Å². The predicted octanol–water partition coefficient (Wildman–Crippen LogP) is 5.22. The fraction of sp³-hybridized carbons (Fsp3) is 0. The highest BCUT2D eigenvalue weighted by atomic mass is 16.1. The topological polar surface area (TPSA) is 17.1 Å². The summed E-state index contributed by atoms with van der Waals surface area (Å²) < 4.78 is 0. The molecule has 22 heavy (non-hydrogen) atoms. The first-order valence-electron chi connectivity index (χ1n) is 7.35. The third-order valence-corrected chi connectivity index (χ3v) is 4.05. The Hall–Kier alpha value is -2.93. The first-order valence-corrected chi connectivity index (χ1v) is 7.35. The lowest BCUT2D eigenvalue weighted by Gasteiger charge is -2.10. The van der Waals surface area contributed by atoms with Gasteiger partial charge in [0.2, 0.25) is 0 Å². The van der Waals surface area contributed by atoms with E-state index in [1.165, 1.54) is 5.39 Å². The smallest absolute Gasteiger partial charge is 0.193 e. The lowest BCUT2D eigenvalue weighted by atomic mass is 9.93. The lowest BCUT2D eigenvalue weighted by Crippen LogP contribution is -2.02. The number of ketones is 1. The fourth-order valence-electron chi connectivity index (χ4n) is 2.99. The van der Waals surface area contributed by atoms with E-state index in [0.717, 1.165) is 27.3 Å². The molecule has 4 aromatic rings. The van der Waals surface area contributed by atoms with Gasteiger partial charge in [-0.3, -0.25) is 4.79 Å². The molecule has 0 heterocycles. The predicted molar refractivity (Wildman–Crippen MR) is 91.3 cm³/mol. The molecule has 0 bridgehead atoms. The van der Waals surface area contributed by atoms with E-state index in [4.69, 9.17) is 0 Å². The average Bonchev–Trinajstić information content (AvgIpc) is 2.61. The van der Waals surface area contributed by atoms with Gasteiger partial charge in [-0.1, -0.05) is 78.9 Å². The van der Waals surface area contributed by atoms with Gasteiger partial charge >= 0.3 is 0 Å². The third kappa shape index (κ3) is 1.99. The largest absolute Gasteiger partial charge is 0.289 e. The van der Waals surface area contributed by atoms with Gasteiger partial charge in [0, 0.05) is 11.1 Å². The molecule has 0 aliphatic heterocycles. The molecule has 104 valence electrons. The summed E-state index contributed by atoms with van der Waals surface area (Å²) in [6.45, 7) is 0. The Bertz CT molecular complexity index is 984. The maximum atomic E-state index is 12.9. The first kappa shape index (κ1) is 12.8. The molecule has 0 amide bonds. The molecule has 4 aromatic carbocycles. The van der Waals surface area contributed by atoms with E-state index in [-0.39, 0.29) is 5.78 Å². The number of hydrogen-bond donors (Lipinski definition) is 0. The van der Waals surface area contributed by atoms with Gasteiger partial charge < -0.3 is 0 Å². The zero-order valence-corrected chi connectivity index (χ0v) is 12.0. The highest BCUT2D eigenvalue weighted by molar-refractivity contribution is 6.22. The summed E-state index contributed by atoms with van der Waals surface area (Å²) in [5.41, 5.74) is 1.49. The molecule has 0 atom stereocenters. The Morgan fingerprint density at radius 2 is 1.18 bits per heavy atom. The number of carbonyl (C=O) groups is 1. The van der Waals surface area contributed by atoms with E-state index >= 15 is 0 Å². The van der Waals surface area contributed by atoms with Crippen molar-refractivity contribution in [1.82, 2.24) is 0 Å². The molecule has 0 N–H and O–H groups in total. The van der Waals surface area contributed by atoms with Crippen LogP contribution in [0.3, 0.4) is 0 Å². The molecule has 0 aliphatic rings. The van der Waals surface area contributed by atoms with Crippen LogP contribution in [0.4, 0.5) is 0 Å². The van der Waals surface area contributed by atoms with Gasteiger partial charge in [0.15, 0.2) is 5.78 Å². The summed E-state index contributed by atoms with van der Waals surface area (Å²) in [6, 6.07) is 27.8. The molecule has 0 saturated carbocycles. The van der Waals surface area contributed by atoms with Crippen molar-refractivity contribution in [2.75, 3.05) is 0 Å². The number of hydrogen-bond acceptors (Lipinski definition) is 1. The third-order valence-electron chi connectivity index (χ3n) is 4.05. The Morgan fingerprint density at radius 3 is 1.95 bits per heavy atom. The monoisotopic (exact) mass is 282 g/mol. The summed E-state index contributed by atoms with van der Waals surface area (Å²) in [5.74, 6) is 0.0718. The highest BCUT2D eigenvalue weighted by Crippen LogP contribution is 2.29. The summed E-state index contributed by atoms with van der Waals surface area (Å²) in [4.78, 5) is 12.9. The van der Waals surface area contributed by atoms with Crippen molar-refractivity contribution in [3.8, 4) is 0 Å². The van der Waals surface area contributed by atoms with Crippen molar-refractivity contribution >= 4 is 27.3 Å². The van der Waals surface area contributed by atoms with Crippen molar-refractivity contribution in [3.63, 3.8) is 0 Å². The van der Waals surface area contributed by atoms with Crippen LogP contribution in [0.25, 0.3) is 21.5 Å². The van der Waals surface area contributed by atoms with E-state index in [1.807, 2.05) is 66.7 Å². The van der Waals surface area contributed by atoms with E-state index in [0.29, 0.717) is 0 Å². The normalized spacial score (nSPS) is 10.9. The molecule has 0 saturated heterocycles. The summed E-state index contributed by atoms with van der Waals surface area (Å²) >= 11 is 0. The van der Waals surface area contributed by atoms with Crippen LogP contribution in [0.15, 0.2) is 84.9 Å². The molecule has 0 aliphatic carbocycles. The van der Waals surface area contributed by atoms with Crippen LogP contribution >= 0.6 is 0 Å². The van der Waals surface area contributed by atoms with Crippen LogP contribution in [0.2, 0.25) is 0 Å². The van der Waals surface area contributed by atoms with Gasteiger partial charge in [0.25, 0.3) is 0 Å². The van der Waals surface area contributed by atoms with Crippen LogP contribution in [0, 0.1) is 0 Å². The van der Waals surface area contributed by atoms with Crippen molar-refractivity contribution < 1.29 is 4.79 Å². The van der Waals surface area contributed by atoms with Gasteiger partial charge in [-0.2, -0.15) is 0 Å². The van der Waals surface area contributed by atoms with E-state index in [2.05, 4.69) is 18.2 Å². The molecule has 4 rings (SSSR count). The van der Waals surface area contributed by atoms with Crippen LogP contribution in [-0.2, 0) is 0 Å². The minimum Gasteiger partial charge on any atom is -0.289 e. The standard InChI is InChI=1S/C21H14O/c22-21(15-8-2-1-3-9-15)20-14-16-10-4-5-11-17(16)18-12-6-7-13-19(18)20/h1-14H. The Balaban J connectivity index is 2.06. The van der Waals surface area contributed by atoms with Crippen molar-refractivity contribution in [1.29, 1.82) is 0 Å². The molecule has 0 unspecified atom stereocenters. The second-order valence-electron chi connectivity index (χ2n) is 5.39. The minimum absolute atomic E-state index is 0.0718. The molecule has 0 fully saturated rings. The maximum absolute atomic E-state index is 12.9. The number of benzene rings is 4. The van der Waals surface area contributed by atoms with E-state index in [9.17, 15) is 4.79 Å². The average molecular weight is 282 g/mol. The van der Waals surface area contributed by atoms with Crippen LogP contribution in [-0.4, -0.2) is 5.78 Å².